The number of thioether (sulfide) groups is 3. The molecule has 0 heterocycles. The van der Waals surface area contributed by atoms with Crippen LogP contribution in [0.1, 0.15) is 77.5 Å². The fraction of sp³-hybridized carbons (Fsp3) is 0.432. The highest BCUT2D eigenvalue weighted by molar-refractivity contribution is 8.00. The Morgan fingerprint density at radius 1 is 0.595 bits per heavy atom. The molecule has 0 bridgehead atoms. The molecule has 0 saturated carbocycles. The predicted octanol–water partition coefficient (Wildman–Crippen LogP) is 10.6. The van der Waals surface area contributed by atoms with E-state index in [2.05, 4.69) is 139 Å². The lowest BCUT2D eigenvalue weighted by Crippen LogP contribution is -2.38. The number of carbonyl (C=O) groups is 1. The van der Waals surface area contributed by atoms with Crippen LogP contribution >= 0.6 is 35.3 Å². The van der Waals surface area contributed by atoms with Crippen molar-refractivity contribution in [3.05, 3.63) is 120 Å². The largest absolute Gasteiger partial charge is 0.456 e. The molecule has 3 aromatic rings. The first kappa shape index (κ1) is 34.4. The van der Waals surface area contributed by atoms with Gasteiger partial charge in [-0.3, -0.25) is 0 Å². The van der Waals surface area contributed by atoms with Crippen molar-refractivity contribution in [2.45, 2.75) is 80.6 Å². The van der Waals surface area contributed by atoms with Gasteiger partial charge in [0, 0.05) is 20.3 Å². The van der Waals surface area contributed by atoms with Crippen LogP contribution in [-0.2, 0) is 23.8 Å². The van der Waals surface area contributed by atoms with Gasteiger partial charge in [-0.05, 0) is 94.8 Å². The first-order chi connectivity index (χ1) is 19.9. The fourth-order valence-corrected chi connectivity index (χ4v) is 8.89. The van der Waals surface area contributed by atoms with E-state index < -0.39 is 5.60 Å². The highest BCUT2D eigenvalue weighted by atomic mass is 32.2. The lowest BCUT2D eigenvalue weighted by atomic mass is 9.93. The zero-order valence-corrected chi connectivity index (χ0v) is 28.7. The van der Waals surface area contributed by atoms with Crippen molar-refractivity contribution in [2.75, 3.05) is 17.3 Å². The summed E-state index contributed by atoms with van der Waals surface area (Å²) in [7, 11) is 0. The average Bonchev–Trinajstić information content (AvgIpc) is 2.98. The molecule has 0 aromatic heterocycles. The van der Waals surface area contributed by atoms with Gasteiger partial charge >= 0.3 is 5.97 Å². The normalized spacial score (nSPS) is 12.6. The fourth-order valence-electron chi connectivity index (χ4n) is 5.03. The molecular formula is C37H48O2S3. The summed E-state index contributed by atoms with van der Waals surface area (Å²) in [5.74, 6) is 2.35. The topological polar surface area (TPSA) is 26.3 Å². The molecule has 0 N–H and O–H groups in total. The molecule has 0 amide bonds. The molecule has 0 atom stereocenters. The Bertz CT molecular complexity index is 1100. The third-order valence-electron chi connectivity index (χ3n) is 7.95. The Hall–Kier alpha value is -2.08. The van der Waals surface area contributed by atoms with E-state index in [4.69, 9.17) is 4.74 Å². The summed E-state index contributed by atoms with van der Waals surface area (Å²) >= 11 is 5.80. The summed E-state index contributed by atoms with van der Waals surface area (Å²) in [6, 6.07) is 32.0. The summed E-state index contributed by atoms with van der Waals surface area (Å²) < 4.78 is 6.24. The van der Waals surface area contributed by atoms with Crippen LogP contribution in [-0.4, -0.2) is 28.8 Å². The third kappa shape index (κ3) is 10.3. The molecule has 0 spiro atoms. The molecule has 0 aliphatic heterocycles. The minimum Gasteiger partial charge on any atom is -0.456 e. The Balaban J connectivity index is 1.79. The minimum atomic E-state index is -0.565. The van der Waals surface area contributed by atoms with Crippen LogP contribution < -0.4 is 0 Å². The lowest BCUT2D eigenvalue weighted by Gasteiger charge is -2.37. The van der Waals surface area contributed by atoms with Gasteiger partial charge in [-0.2, -0.15) is 35.3 Å². The zero-order valence-electron chi connectivity index (χ0n) is 26.2. The Labute approximate surface area is 267 Å². The van der Waals surface area contributed by atoms with Gasteiger partial charge in [0.25, 0.3) is 0 Å². The molecule has 42 heavy (non-hydrogen) atoms. The SMILES string of the molecule is C=CC(=O)OC(CCSC(C)(C)c1ccccc1)(CCSC(C)(C)c1ccccc1)CCSC(C)(C)c1ccccc1. The van der Waals surface area contributed by atoms with E-state index in [-0.39, 0.29) is 20.2 Å². The molecule has 0 aliphatic rings. The highest BCUT2D eigenvalue weighted by Gasteiger charge is 2.36. The monoisotopic (exact) mass is 620 g/mol. The number of carbonyl (C=O) groups excluding carboxylic acids is 1. The van der Waals surface area contributed by atoms with Crippen LogP contribution in [0.3, 0.4) is 0 Å². The molecule has 226 valence electrons. The van der Waals surface area contributed by atoms with E-state index in [0.29, 0.717) is 0 Å². The van der Waals surface area contributed by atoms with Gasteiger partial charge in [0.05, 0.1) is 0 Å². The van der Waals surface area contributed by atoms with Gasteiger partial charge in [0.2, 0.25) is 0 Å². The van der Waals surface area contributed by atoms with Gasteiger partial charge in [-0.1, -0.05) is 97.6 Å². The number of benzene rings is 3. The van der Waals surface area contributed by atoms with E-state index in [9.17, 15) is 4.79 Å². The molecule has 0 radical (unpaired) electrons. The summed E-state index contributed by atoms with van der Waals surface area (Å²) in [5, 5.41) is 0. The van der Waals surface area contributed by atoms with Gasteiger partial charge < -0.3 is 4.74 Å². The van der Waals surface area contributed by atoms with Gasteiger partial charge in [-0.25, -0.2) is 4.79 Å². The number of rotatable bonds is 17. The molecule has 5 heteroatoms. The lowest BCUT2D eigenvalue weighted by molar-refractivity contribution is -0.154. The van der Waals surface area contributed by atoms with Crippen molar-refractivity contribution >= 4 is 41.3 Å². The molecule has 3 rings (SSSR count). The van der Waals surface area contributed by atoms with Crippen molar-refractivity contribution in [3.63, 3.8) is 0 Å². The van der Waals surface area contributed by atoms with Crippen molar-refractivity contribution < 1.29 is 9.53 Å². The molecule has 0 saturated heterocycles. The van der Waals surface area contributed by atoms with Gasteiger partial charge in [-0.15, -0.1) is 0 Å². The summed E-state index contributed by atoms with van der Waals surface area (Å²) in [6.07, 6.45) is 3.71. The summed E-state index contributed by atoms with van der Waals surface area (Å²) in [6.45, 7) is 17.4. The van der Waals surface area contributed by atoms with Crippen LogP contribution in [0.15, 0.2) is 104 Å². The number of hydrogen-bond donors (Lipinski definition) is 0. The van der Waals surface area contributed by atoms with Crippen molar-refractivity contribution in [1.82, 2.24) is 0 Å². The second-order valence-corrected chi connectivity index (χ2v) is 17.4. The van der Waals surface area contributed by atoms with E-state index >= 15 is 0 Å². The average molecular weight is 621 g/mol. The zero-order chi connectivity index (χ0) is 30.7. The summed E-state index contributed by atoms with van der Waals surface area (Å²) in [4.78, 5) is 12.8. The predicted molar refractivity (Wildman–Crippen MR) is 189 cm³/mol. The quantitative estimate of drug-likeness (QED) is 0.110. The van der Waals surface area contributed by atoms with E-state index in [0.717, 1.165) is 36.5 Å². The van der Waals surface area contributed by atoms with Crippen molar-refractivity contribution in [3.8, 4) is 0 Å². The van der Waals surface area contributed by atoms with Crippen molar-refractivity contribution in [1.29, 1.82) is 0 Å². The van der Waals surface area contributed by atoms with Crippen LogP contribution in [0, 0.1) is 0 Å². The van der Waals surface area contributed by atoms with E-state index in [1.54, 1.807) is 0 Å². The standard InChI is InChI=1S/C37H48O2S3/c1-8-33(38)39-37(24-27-40-34(2,3)30-18-12-9-13-19-30,25-28-41-35(4,5)31-20-14-10-15-21-31)26-29-42-36(6,7)32-22-16-11-17-23-32/h8-23H,1,24-29H2,2-7H3. The van der Waals surface area contributed by atoms with Crippen LogP contribution in [0.5, 0.6) is 0 Å². The van der Waals surface area contributed by atoms with Crippen LogP contribution in [0.2, 0.25) is 0 Å². The summed E-state index contributed by atoms with van der Waals surface area (Å²) in [5.41, 5.74) is 3.36. The maximum absolute atomic E-state index is 12.8. The minimum absolute atomic E-state index is 0.0381. The first-order valence-corrected chi connectivity index (χ1v) is 17.8. The van der Waals surface area contributed by atoms with Crippen LogP contribution in [0.4, 0.5) is 0 Å². The highest BCUT2D eigenvalue weighted by Crippen LogP contribution is 2.43. The van der Waals surface area contributed by atoms with Gasteiger partial charge in [0.15, 0.2) is 0 Å². The Morgan fingerprint density at radius 3 is 1.14 bits per heavy atom. The Kier molecular flexibility index (Phi) is 12.8. The third-order valence-corrected chi connectivity index (χ3v) is 12.0. The molecule has 2 nitrogen and oxygen atoms in total. The smallest absolute Gasteiger partial charge is 0.330 e. The second kappa shape index (κ2) is 15.6. The van der Waals surface area contributed by atoms with Gasteiger partial charge in [0.1, 0.15) is 5.60 Å². The van der Waals surface area contributed by atoms with E-state index in [1.165, 1.54) is 22.8 Å². The van der Waals surface area contributed by atoms with Crippen LogP contribution in [0.25, 0.3) is 0 Å². The molecule has 0 aliphatic carbocycles. The molecule has 0 fully saturated rings. The second-order valence-electron chi connectivity index (χ2n) is 12.2. The maximum Gasteiger partial charge on any atom is 0.330 e. The number of esters is 1. The van der Waals surface area contributed by atoms with E-state index in [1.807, 2.05) is 35.3 Å². The maximum atomic E-state index is 12.8. The molecule has 3 aromatic carbocycles. The molecular weight excluding hydrogens is 573 g/mol. The molecule has 0 unspecified atom stereocenters. The van der Waals surface area contributed by atoms with Crippen molar-refractivity contribution in [2.24, 2.45) is 0 Å². The number of hydrogen-bond acceptors (Lipinski definition) is 5. The first-order valence-electron chi connectivity index (χ1n) is 14.8. The Morgan fingerprint density at radius 2 is 0.881 bits per heavy atom. The number of ether oxygens (including phenoxy) is 1.